The van der Waals surface area contributed by atoms with Gasteiger partial charge in [0.05, 0.1) is 0 Å². The molecule has 17 heavy (non-hydrogen) atoms. The zero-order valence-corrected chi connectivity index (χ0v) is 11.9. The van der Waals surface area contributed by atoms with Crippen molar-refractivity contribution in [1.82, 2.24) is 4.90 Å². The number of nitrogens with two attached hydrogens (primary N) is 1. The van der Waals surface area contributed by atoms with Crippen LogP contribution in [0.15, 0.2) is 0 Å². The summed E-state index contributed by atoms with van der Waals surface area (Å²) < 4.78 is 5.10. The standard InChI is InChI=1S/C14H30N2O/c1-13-6-4-7-14(10-13,11-15)12-16(2)8-5-9-17-3/h13H,4-12,15H2,1-3H3. The summed E-state index contributed by atoms with van der Waals surface area (Å²) in [7, 11) is 3.98. The van der Waals surface area contributed by atoms with E-state index in [0.29, 0.717) is 5.41 Å². The highest BCUT2D eigenvalue weighted by Gasteiger charge is 2.34. The smallest absolute Gasteiger partial charge is 0.0474 e. The average Bonchev–Trinajstić information content (AvgIpc) is 2.29. The molecule has 1 aliphatic carbocycles. The highest BCUT2D eigenvalue weighted by molar-refractivity contribution is 4.88. The van der Waals surface area contributed by atoms with Crippen LogP contribution >= 0.6 is 0 Å². The molecule has 1 rings (SSSR count). The van der Waals surface area contributed by atoms with Crippen LogP contribution in [0.5, 0.6) is 0 Å². The van der Waals surface area contributed by atoms with Crippen LogP contribution in [0.4, 0.5) is 0 Å². The Labute approximate surface area is 107 Å². The van der Waals surface area contributed by atoms with Crippen molar-refractivity contribution in [2.75, 3.05) is 40.4 Å². The van der Waals surface area contributed by atoms with Crippen LogP contribution in [0.3, 0.4) is 0 Å². The first-order valence-electron chi connectivity index (χ1n) is 6.99. The van der Waals surface area contributed by atoms with Crippen LogP contribution in [0.25, 0.3) is 0 Å². The molecule has 0 heterocycles. The lowest BCUT2D eigenvalue weighted by Gasteiger charge is -2.41. The van der Waals surface area contributed by atoms with Gasteiger partial charge in [-0.15, -0.1) is 0 Å². The fourth-order valence-corrected chi connectivity index (χ4v) is 3.29. The van der Waals surface area contributed by atoms with Gasteiger partial charge < -0.3 is 15.4 Å². The van der Waals surface area contributed by atoms with Gasteiger partial charge in [0, 0.05) is 26.8 Å². The Hall–Kier alpha value is -0.120. The number of methoxy groups -OCH3 is 1. The fourth-order valence-electron chi connectivity index (χ4n) is 3.29. The third-order valence-corrected chi connectivity index (χ3v) is 4.11. The van der Waals surface area contributed by atoms with Crippen LogP contribution < -0.4 is 5.73 Å². The summed E-state index contributed by atoms with van der Waals surface area (Å²) >= 11 is 0. The molecule has 1 saturated carbocycles. The van der Waals surface area contributed by atoms with Gasteiger partial charge >= 0.3 is 0 Å². The molecular formula is C14H30N2O. The number of rotatable bonds is 7. The number of ether oxygens (including phenoxy) is 1. The lowest BCUT2D eigenvalue weighted by molar-refractivity contribution is 0.0947. The molecule has 0 spiro atoms. The third-order valence-electron chi connectivity index (χ3n) is 4.11. The van der Waals surface area contributed by atoms with Gasteiger partial charge in [-0.05, 0) is 44.2 Å². The molecule has 1 fully saturated rings. The van der Waals surface area contributed by atoms with E-state index in [-0.39, 0.29) is 0 Å². The zero-order chi connectivity index (χ0) is 12.7. The van der Waals surface area contributed by atoms with E-state index in [2.05, 4.69) is 18.9 Å². The Balaban J connectivity index is 2.39. The van der Waals surface area contributed by atoms with Crippen molar-refractivity contribution in [3.8, 4) is 0 Å². The molecule has 0 radical (unpaired) electrons. The normalized spacial score (nSPS) is 29.8. The maximum Gasteiger partial charge on any atom is 0.0474 e. The van der Waals surface area contributed by atoms with E-state index in [1.807, 2.05) is 0 Å². The molecule has 0 aromatic carbocycles. The minimum absolute atomic E-state index is 0.374. The van der Waals surface area contributed by atoms with Gasteiger partial charge in [0.1, 0.15) is 0 Å². The molecule has 102 valence electrons. The number of hydrogen-bond acceptors (Lipinski definition) is 3. The van der Waals surface area contributed by atoms with Gasteiger partial charge in [-0.25, -0.2) is 0 Å². The SMILES string of the molecule is COCCCN(C)CC1(CN)CCCC(C)C1. The first kappa shape index (κ1) is 14.9. The number of hydrogen-bond donors (Lipinski definition) is 1. The highest BCUT2D eigenvalue weighted by Crippen LogP contribution is 2.39. The minimum Gasteiger partial charge on any atom is -0.385 e. The van der Waals surface area contributed by atoms with E-state index in [1.165, 1.54) is 25.7 Å². The molecular weight excluding hydrogens is 212 g/mol. The predicted octanol–water partition coefficient (Wildman–Crippen LogP) is 2.11. The van der Waals surface area contributed by atoms with Crippen LogP contribution in [-0.4, -0.2) is 45.3 Å². The summed E-state index contributed by atoms with van der Waals surface area (Å²) in [6.45, 7) is 6.33. The van der Waals surface area contributed by atoms with Crippen molar-refractivity contribution in [2.24, 2.45) is 17.1 Å². The van der Waals surface area contributed by atoms with E-state index < -0.39 is 0 Å². The molecule has 0 saturated heterocycles. The first-order valence-corrected chi connectivity index (χ1v) is 6.99. The van der Waals surface area contributed by atoms with Crippen LogP contribution in [0.2, 0.25) is 0 Å². The molecule has 0 aliphatic heterocycles. The summed E-state index contributed by atoms with van der Waals surface area (Å²) in [5.74, 6) is 0.847. The molecule has 0 aromatic heterocycles. The van der Waals surface area contributed by atoms with E-state index in [4.69, 9.17) is 10.5 Å². The van der Waals surface area contributed by atoms with Crippen LogP contribution in [0.1, 0.15) is 39.0 Å². The summed E-state index contributed by atoms with van der Waals surface area (Å²) in [5.41, 5.74) is 6.43. The summed E-state index contributed by atoms with van der Waals surface area (Å²) in [6.07, 6.45) is 6.46. The van der Waals surface area contributed by atoms with E-state index in [0.717, 1.165) is 38.6 Å². The topological polar surface area (TPSA) is 38.5 Å². The van der Waals surface area contributed by atoms with Gasteiger partial charge in [0.15, 0.2) is 0 Å². The van der Waals surface area contributed by atoms with Crippen molar-refractivity contribution in [2.45, 2.75) is 39.0 Å². The second-order valence-electron chi connectivity index (χ2n) is 5.99. The molecule has 2 atom stereocenters. The fraction of sp³-hybridized carbons (Fsp3) is 1.00. The van der Waals surface area contributed by atoms with Gasteiger partial charge in [0.2, 0.25) is 0 Å². The largest absolute Gasteiger partial charge is 0.385 e. The first-order chi connectivity index (χ1) is 8.12. The van der Waals surface area contributed by atoms with Crippen molar-refractivity contribution in [1.29, 1.82) is 0 Å². The van der Waals surface area contributed by atoms with Gasteiger partial charge in [-0.2, -0.15) is 0 Å². The molecule has 3 heteroatoms. The van der Waals surface area contributed by atoms with Crippen LogP contribution in [0, 0.1) is 11.3 Å². The Morgan fingerprint density at radius 1 is 1.47 bits per heavy atom. The molecule has 1 aliphatic rings. The molecule has 0 bridgehead atoms. The Morgan fingerprint density at radius 3 is 2.82 bits per heavy atom. The van der Waals surface area contributed by atoms with Crippen LogP contribution in [-0.2, 0) is 4.74 Å². The zero-order valence-electron chi connectivity index (χ0n) is 11.9. The van der Waals surface area contributed by atoms with Gasteiger partial charge in [0.25, 0.3) is 0 Å². The quantitative estimate of drug-likeness (QED) is 0.695. The predicted molar refractivity (Wildman–Crippen MR) is 73.1 cm³/mol. The Kier molecular flexibility index (Phi) is 6.45. The minimum atomic E-state index is 0.374. The molecule has 2 N–H and O–H groups in total. The number of nitrogens with zero attached hydrogens (tertiary/aromatic N) is 1. The van der Waals surface area contributed by atoms with Gasteiger partial charge in [-0.1, -0.05) is 19.8 Å². The maximum atomic E-state index is 6.05. The summed E-state index contributed by atoms with van der Waals surface area (Å²) in [6, 6.07) is 0. The summed E-state index contributed by atoms with van der Waals surface area (Å²) in [4.78, 5) is 2.43. The second-order valence-corrected chi connectivity index (χ2v) is 5.99. The maximum absolute atomic E-state index is 6.05. The summed E-state index contributed by atoms with van der Waals surface area (Å²) in [5, 5.41) is 0. The Bertz CT molecular complexity index is 210. The lowest BCUT2D eigenvalue weighted by Crippen LogP contribution is -2.44. The van der Waals surface area contributed by atoms with E-state index in [1.54, 1.807) is 7.11 Å². The van der Waals surface area contributed by atoms with Gasteiger partial charge in [-0.3, -0.25) is 0 Å². The van der Waals surface area contributed by atoms with Crippen molar-refractivity contribution in [3.05, 3.63) is 0 Å². The van der Waals surface area contributed by atoms with Crippen molar-refractivity contribution < 1.29 is 4.74 Å². The highest BCUT2D eigenvalue weighted by atomic mass is 16.5. The Morgan fingerprint density at radius 2 is 2.24 bits per heavy atom. The second kappa shape index (κ2) is 7.34. The molecule has 0 amide bonds. The third kappa shape index (κ3) is 4.94. The molecule has 2 unspecified atom stereocenters. The monoisotopic (exact) mass is 242 g/mol. The average molecular weight is 242 g/mol. The molecule has 3 nitrogen and oxygen atoms in total. The van der Waals surface area contributed by atoms with E-state index >= 15 is 0 Å². The van der Waals surface area contributed by atoms with Crippen molar-refractivity contribution >= 4 is 0 Å². The lowest BCUT2D eigenvalue weighted by atomic mass is 9.70. The van der Waals surface area contributed by atoms with Crippen molar-refractivity contribution in [3.63, 3.8) is 0 Å². The molecule has 0 aromatic rings. The van der Waals surface area contributed by atoms with E-state index in [9.17, 15) is 0 Å².